The van der Waals surface area contributed by atoms with E-state index < -0.39 is 17.7 Å². The normalized spacial score (nSPS) is 16.3. The molecule has 0 bridgehead atoms. The third-order valence-corrected chi connectivity index (χ3v) is 7.78. The number of thiazole rings is 1. The molecule has 0 fully saturated rings. The number of hydrogen-bond acceptors (Lipinski definition) is 7. The lowest BCUT2D eigenvalue weighted by molar-refractivity contribution is -0.130. The van der Waals surface area contributed by atoms with Crippen LogP contribution in [0.25, 0.3) is 10.6 Å². The Bertz CT molecular complexity index is 1210. The van der Waals surface area contributed by atoms with Gasteiger partial charge in [-0.2, -0.15) is 0 Å². The van der Waals surface area contributed by atoms with Crippen LogP contribution in [0.4, 0.5) is 0 Å². The number of rotatable bonds is 8. The van der Waals surface area contributed by atoms with E-state index in [4.69, 9.17) is 4.74 Å². The fourth-order valence-electron chi connectivity index (χ4n) is 3.87. The molecule has 2 aromatic heterocycles. The number of aliphatic hydroxyl groups is 1. The molecule has 1 unspecified atom stereocenters. The number of aryl methyl sites for hydroxylation is 2. The minimum absolute atomic E-state index is 0.0172. The fraction of sp³-hybridized carbons (Fsp3) is 0.320. The highest BCUT2D eigenvalue weighted by atomic mass is 32.1. The minimum atomic E-state index is -0.651. The van der Waals surface area contributed by atoms with Gasteiger partial charge in [-0.05, 0) is 44.7 Å². The van der Waals surface area contributed by atoms with Crippen LogP contribution in [-0.4, -0.2) is 45.9 Å². The number of carbonyl (C=O) groups excluding carboxylic acids is 2. The lowest BCUT2D eigenvalue weighted by atomic mass is 9.98. The highest BCUT2D eigenvalue weighted by Gasteiger charge is 2.45. The van der Waals surface area contributed by atoms with Crippen molar-refractivity contribution in [2.24, 2.45) is 0 Å². The van der Waals surface area contributed by atoms with Crippen molar-refractivity contribution in [1.29, 1.82) is 0 Å². The first kappa shape index (κ1) is 23.4. The van der Waals surface area contributed by atoms with E-state index in [1.54, 1.807) is 6.92 Å². The average Bonchev–Trinajstić information content (AvgIpc) is 3.45. The SMILES string of the molecule is Cc1ccsc1C1C(C(=O)c2sc(-c3ccccc3)nc2C)=C(O)C(=O)N1CCOC(C)C. The number of nitrogens with zero attached hydrogens (tertiary/aromatic N) is 2. The van der Waals surface area contributed by atoms with Gasteiger partial charge >= 0.3 is 0 Å². The molecule has 33 heavy (non-hydrogen) atoms. The number of ether oxygens (including phenoxy) is 1. The van der Waals surface area contributed by atoms with Gasteiger partial charge in [0, 0.05) is 17.0 Å². The number of ketones is 1. The molecule has 3 aromatic rings. The number of aromatic nitrogens is 1. The Morgan fingerprint density at radius 3 is 2.58 bits per heavy atom. The molecule has 1 N–H and O–H groups in total. The second-order valence-corrected chi connectivity index (χ2v) is 10.1. The van der Waals surface area contributed by atoms with E-state index in [0.717, 1.165) is 21.0 Å². The van der Waals surface area contributed by atoms with Crippen LogP contribution < -0.4 is 0 Å². The van der Waals surface area contributed by atoms with E-state index in [1.807, 2.05) is 62.5 Å². The topological polar surface area (TPSA) is 79.7 Å². The van der Waals surface area contributed by atoms with Gasteiger partial charge in [0.05, 0.1) is 28.9 Å². The molecular weight excluding hydrogens is 456 g/mol. The van der Waals surface area contributed by atoms with Gasteiger partial charge in [-0.3, -0.25) is 9.59 Å². The summed E-state index contributed by atoms with van der Waals surface area (Å²) in [5.74, 6) is -1.39. The Morgan fingerprint density at radius 1 is 1.21 bits per heavy atom. The Hall–Kier alpha value is -2.81. The summed E-state index contributed by atoms with van der Waals surface area (Å²) >= 11 is 2.75. The van der Waals surface area contributed by atoms with Crippen molar-refractivity contribution in [3.05, 3.63) is 74.1 Å². The van der Waals surface area contributed by atoms with E-state index in [9.17, 15) is 14.7 Å². The van der Waals surface area contributed by atoms with Crippen LogP contribution in [-0.2, 0) is 9.53 Å². The van der Waals surface area contributed by atoms with Crippen molar-refractivity contribution in [1.82, 2.24) is 9.88 Å². The number of benzene rings is 1. The van der Waals surface area contributed by atoms with Crippen LogP contribution >= 0.6 is 22.7 Å². The Kier molecular flexibility index (Phi) is 6.78. The molecule has 0 spiro atoms. The monoisotopic (exact) mass is 482 g/mol. The van der Waals surface area contributed by atoms with Crippen LogP contribution in [0.15, 0.2) is 53.1 Å². The summed E-state index contributed by atoms with van der Waals surface area (Å²) in [6.45, 7) is 8.17. The quantitative estimate of drug-likeness (QED) is 0.429. The fourth-order valence-corrected chi connectivity index (χ4v) is 5.95. The lowest BCUT2D eigenvalue weighted by Gasteiger charge is -2.26. The maximum absolute atomic E-state index is 13.8. The van der Waals surface area contributed by atoms with Gasteiger partial charge in [0.2, 0.25) is 5.78 Å². The van der Waals surface area contributed by atoms with Crippen LogP contribution in [0.1, 0.15) is 45.7 Å². The maximum Gasteiger partial charge on any atom is 0.290 e. The van der Waals surface area contributed by atoms with Crippen LogP contribution in [0.5, 0.6) is 0 Å². The van der Waals surface area contributed by atoms with Crippen molar-refractivity contribution < 1.29 is 19.4 Å². The lowest BCUT2D eigenvalue weighted by Crippen LogP contribution is -2.34. The third kappa shape index (κ3) is 4.51. The second kappa shape index (κ2) is 9.59. The van der Waals surface area contributed by atoms with Crippen molar-refractivity contribution in [3.63, 3.8) is 0 Å². The Labute approximate surface area is 201 Å². The van der Waals surface area contributed by atoms with Crippen molar-refractivity contribution in [3.8, 4) is 10.6 Å². The van der Waals surface area contributed by atoms with Crippen molar-refractivity contribution in [2.45, 2.75) is 39.8 Å². The molecule has 172 valence electrons. The molecule has 0 radical (unpaired) electrons. The summed E-state index contributed by atoms with van der Waals surface area (Å²) in [4.78, 5) is 34.2. The number of amides is 1. The minimum Gasteiger partial charge on any atom is -0.503 e. The molecule has 4 rings (SSSR count). The van der Waals surface area contributed by atoms with E-state index in [0.29, 0.717) is 17.2 Å². The van der Waals surface area contributed by atoms with Crippen LogP contribution in [0, 0.1) is 13.8 Å². The summed E-state index contributed by atoms with van der Waals surface area (Å²) < 4.78 is 5.65. The predicted octanol–water partition coefficient (Wildman–Crippen LogP) is 5.49. The predicted molar refractivity (Wildman–Crippen MR) is 131 cm³/mol. The molecule has 0 saturated carbocycles. The van der Waals surface area contributed by atoms with Gasteiger partial charge < -0.3 is 14.7 Å². The molecule has 3 heterocycles. The summed E-state index contributed by atoms with van der Waals surface area (Å²) in [6, 6.07) is 11.0. The highest BCUT2D eigenvalue weighted by Crippen LogP contribution is 2.43. The van der Waals surface area contributed by atoms with Gasteiger partial charge in [-0.25, -0.2) is 4.98 Å². The third-order valence-electron chi connectivity index (χ3n) is 5.51. The maximum atomic E-state index is 13.8. The number of hydrogen-bond donors (Lipinski definition) is 1. The summed E-state index contributed by atoms with van der Waals surface area (Å²) in [7, 11) is 0. The molecule has 6 nitrogen and oxygen atoms in total. The van der Waals surface area contributed by atoms with Crippen molar-refractivity contribution >= 4 is 34.4 Å². The molecule has 1 aliphatic rings. The molecule has 1 aromatic carbocycles. The Balaban J connectivity index is 1.73. The number of thiophene rings is 1. The zero-order valence-electron chi connectivity index (χ0n) is 19.0. The molecule has 8 heteroatoms. The van der Waals surface area contributed by atoms with Crippen LogP contribution in [0.3, 0.4) is 0 Å². The first-order chi connectivity index (χ1) is 15.8. The average molecular weight is 483 g/mol. The molecule has 1 atom stereocenters. The number of Topliss-reactive ketones (excluding diaryl/α,β-unsaturated/α-hetero) is 1. The molecule has 0 aliphatic carbocycles. The first-order valence-electron chi connectivity index (χ1n) is 10.8. The zero-order chi connectivity index (χ0) is 23.7. The van der Waals surface area contributed by atoms with E-state index >= 15 is 0 Å². The zero-order valence-corrected chi connectivity index (χ0v) is 20.6. The summed E-state index contributed by atoms with van der Waals surface area (Å²) in [5, 5.41) is 13.5. The Morgan fingerprint density at radius 2 is 1.94 bits per heavy atom. The first-order valence-corrected chi connectivity index (χ1v) is 12.5. The van der Waals surface area contributed by atoms with Crippen molar-refractivity contribution in [2.75, 3.05) is 13.2 Å². The smallest absolute Gasteiger partial charge is 0.290 e. The summed E-state index contributed by atoms with van der Waals surface area (Å²) in [5.41, 5.74) is 2.59. The molecule has 0 saturated heterocycles. The van der Waals surface area contributed by atoms with Gasteiger partial charge in [-0.1, -0.05) is 30.3 Å². The number of carbonyl (C=O) groups is 2. The van der Waals surface area contributed by atoms with E-state index in [-0.39, 0.29) is 24.0 Å². The molecular formula is C25H26N2O4S2. The van der Waals surface area contributed by atoms with Gasteiger partial charge in [0.1, 0.15) is 11.0 Å². The highest BCUT2D eigenvalue weighted by molar-refractivity contribution is 7.17. The largest absolute Gasteiger partial charge is 0.503 e. The van der Waals surface area contributed by atoms with E-state index in [2.05, 4.69) is 4.98 Å². The molecule has 1 aliphatic heterocycles. The van der Waals surface area contributed by atoms with Crippen LogP contribution in [0.2, 0.25) is 0 Å². The van der Waals surface area contributed by atoms with Gasteiger partial charge in [0.15, 0.2) is 5.76 Å². The second-order valence-electron chi connectivity index (χ2n) is 8.18. The standard InChI is InChI=1S/C25H26N2O4S2/c1-14(2)31-12-11-27-19(22-15(3)10-13-32-22)18(21(29)25(27)30)20(28)23-16(4)26-24(33-23)17-8-6-5-7-9-17/h5-10,13-14,19,29H,11-12H2,1-4H3. The molecule has 1 amide bonds. The van der Waals surface area contributed by atoms with E-state index in [1.165, 1.54) is 27.6 Å². The van der Waals surface area contributed by atoms with Gasteiger partial charge in [0.25, 0.3) is 5.91 Å². The van der Waals surface area contributed by atoms with Gasteiger partial charge in [-0.15, -0.1) is 22.7 Å². The number of aliphatic hydroxyl groups excluding tert-OH is 1. The summed E-state index contributed by atoms with van der Waals surface area (Å²) in [6.07, 6.45) is 0.0172.